The molecule has 55 heavy (non-hydrogen) atoms. The molecule has 4 nitrogen and oxygen atoms in total. The fourth-order valence-electron chi connectivity index (χ4n) is 7.23. The normalized spacial score (nSPS) is 11.5. The average Bonchev–Trinajstić information content (AvgIpc) is 3.67. The van der Waals surface area contributed by atoms with E-state index in [2.05, 4.69) is 145 Å². The number of hydrogen-bond acceptors (Lipinski definition) is 3. The molecule has 7 aromatic rings. The summed E-state index contributed by atoms with van der Waals surface area (Å²) in [4.78, 5) is 10.0. The van der Waals surface area contributed by atoms with Gasteiger partial charge in [0.1, 0.15) is 5.75 Å². The minimum atomic E-state index is 0. The van der Waals surface area contributed by atoms with Crippen molar-refractivity contribution in [3.8, 4) is 67.6 Å². The topological polar surface area (TPSA) is 50.9 Å². The van der Waals surface area contributed by atoms with Crippen molar-refractivity contribution in [2.75, 3.05) is 0 Å². The number of benzene rings is 5. The summed E-state index contributed by atoms with van der Waals surface area (Å²) in [5.41, 5.74) is 14.9. The first kappa shape index (κ1) is 39.6. The monoisotopic (exact) mass is 903 g/mol. The van der Waals surface area contributed by atoms with Gasteiger partial charge in [-0.15, -0.1) is 24.3 Å². The standard InChI is InChI=1S/C50H50N3O.Pt/c1-31(2)39-25-40(32(3)4)27-41(26-39)36-20-21-48(54)45(28-36)47-19-13-18-46(52-47)37-16-12-17-38(24-37)50-51-22-23-53(50)49-43(33(5)6)29-42(30-44(49)34(7)8)35-14-10-9-11-15-35;/h9-23,25-34,54H,1-8H3;/q-1;. The van der Waals surface area contributed by atoms with Crippen molar-refractivity contribution in [3.05, 3.63) is 156 Å². The fourth-order valence-corrected chi connectivity index (χ4v) is 7.23. The van der Waals surface area contributed by atoms with Crippen LogP contribution in [-0.2, 0) is 21.1 Å². The first-order valence-electron chi connectivity index (χ1n) is 19.2. The molecule has 5 heteroatoms. The Balaban J connectivity index is 0.00000514. The third-order valence-electron chi connectivity index (χ3n) is 10.4. The summed E-state index contributed by atoms with van der Waals surface area (Å²) in [6.07, 6.45) is 3.95. The summed E-state index contributed by atoms with van der Waals surface area (Å²) >= 11 is 0. The van der Waals surface area contributed by atoms with Gasteiger partial charge in [-0.1, -0.05) is 133 Å². The summed E-state index contributed by atoms with van der Waals surface area (Å²) in [5.74, 6) is 2.45. The van der Waals surface area contributed by atoms with Crippen LogP contribution in [0.15, 0.2) is 128 Å². The number of imidazole rings is 1. The van der Waals surface area contributed by atoms with Crippen molar-refractivity contribution >= 4 is 0 Å². The maximum Gasteiger partial charge on any atom is 0.124 e. The molecule has 0 amide bonds. The maximum atomic E-state index is 11.1. The predicted octanol–water partition coefficient (Wildman–Crippen LogP) is 13.6. The van der Waals surface area contributed by atoms with Gasteiger partial charge in [-0.25, -0.2) is 0 Å². The number of pyridine rings is 1. The van der Waals surface area contributed by atoms with Crippen LogP contribution in [0.4, 0.5) is 0 Å². The fraction of sp³-hybridized carbons (Fsp3) is 0.240. The molecular weight excluding hydrogens is 854 g/mol. The Hall–Kier alpha value is -5.05. The number of aromatic nitrogens is 3. The van der Waals surface area contributed by atoms with Crippen LogP contribution in [0.5, 0.6) is 5.75 Å². The zero-order valence-electron chi connectivity index (χ0n) is 33.0. The van der Waals surface area contributed by atoms with Crippen LogP contribution >= 0.6 is 0 Å². The Kier molecular flexibility index (Phi) is 12.1. The predicted molar refractivity (Wildman–Crippen MR) is 225 cm³/mol. The van der Waals surface area contributed by atoms with Crippen LogP contribution in [-0.4, -0.2) is 19.6 Å². The molecule has 2 heterocycles. The van der Waals surface area contributed by atoms with E-state index in [-0.39, 0.29) is 26.8 Å². The van der Waals surface area contributed by atoms with Crippen molar-refractivity contribution in [1.29, 1.82) is 0 Å². The molecular formula is C50H50N3OPt-. The molecule has 1 N–H and O–H groups in total. The molecule has 0 bridgehead atoms. The van der Waals surface area contributed by atoms with Crippen molar-refractivity contribution in [3.63, 3.8) is 0 Å². The van der Waals surface area contributed by atoms with E-state index in [0.29, 0.717) is 34.9 Å². The van der Waals surface area contributed by atoms with E-state index in [4.69, 9.17) is 9.97 Å². The maximum absolute atomic E-state index is 11.1. The summed E-state index contributed by atoms with van der Waals surface area (Å²) < 4.78 is 2.24. The molecule has 0 saturated carbocycles. The molecule has 2 aromatic heterocycles. The minimum Gasteiger partial charge on any atom is -0.507 e. The molecule has 0 aliphatic carbocycles. The second-order valence-corrected chi connectivity index (χ2v) is 15.6. The van der Waals surface area contributed by atoms with Crippen LogP contribution in [0.25, 0.3) is 61.8 Å². The largest absolute Gasteiger partial charge is 0.507 e. The van der Waals surface area contributed by atoms with E-state index >= 15 is 0 Å². The Morgan fingerprint density at radius 3 is 1.78 bits per heavy atom. The second-order valence-electron chi connectivity index (χ2n) is 15.6. The summed E-state index contributed by atoms with van der Waals surface area (Å²) in [6.45, 7) is 18.0. The van der Waals surface area contributed by atoms with Crippen LogP contribution in [0.1, 0.15) is 101 Å². The van der Waals surface area contributed by atoms with Gasteiger partial charge in [-0.05, 0) is 98.5 Å². The quantitative estimate of drug-likeness (QED) is 0.139. The van der Waals surface area contributed by atoms with E-state index in [9.17, 15) is 5.11 Å². The second kappa shape index (κ2) is 16.8. The smallest absolute Gasteiger partial charge is 0.124 e. The van der Waals surface area contributed by atoms with E-state index in [1.807, 2.05) is 42.6 Å². The van der Waals surface area contributed by atoms with Crippen molar-refractivity contribution < 1.29 is 26.2 Å². The van der Waals surface area contributed by atoms with Gasteiger partial charge in [0.15, 0.2) is 0 Å². The molecule has 5 aromatic carbocycles. The zero-order valence-corrected chi connectivity index (χ0v) is 35.3. The Morgan fingerprint density at radius 1 is 0.545 bits per heavy atom. The molecule has 0 fully saturated rings. The average molecular weight is 904 g/mol. The number of phenols is 1. The van der Waals surface area contributed by atoms with Crippen LogP contribution in [0, 0.1) is 6.07 Å². The van der Waals surface area contributed by atoms with Gasteiger partial charge in [0.05, 0.1) is 11.5 Å². The molecule has 0 unspecified atom stereocenters. The van der Waals surface area contributed by atoms with Gasteiger partial charge < -0.3 is 9.67 Å². The van der Waals surface area contributed by atoms with Gasteiger partial charge in [0, 0.05) is 50.4 Å². The minimum absolute atomic E-state index is 0. The van der Waals surface area contributed by atoms with E-state index < -0.39 is 0 Å². The van der Waals surface area contributed by atoms with Gasteiger partial charge in [-0.3, -0.25) is 9.97 Å². The molecule has 0 radical (unpaired) electrons. The number of phenolic OH excluding ortho intramolecular Hbond substituents is 1. The molecule has 0 atom stereocenters. The molecule has 7 rings (SSSR count). The van der Waals surface area contributed by atoms with Gasteiger partial charge in [0.2, 0.25) is 0 Å². The molecule has 282 valence electrons. The third-order valence-corrected chi connectivity index (χ3v) is 10.4. The van der Waals surface area contributed by atoms with Crippen LogP contribution in [0.3, 0.4) is 0 Å². The van der Waals surface area contributed by atoms with Crippen LogP contribution < -0.4 is 0 Å². The summed E-state index contributed by atoms with van der Waals surface area (Å²) in [7, 11) is 0. The first-order valence-corrected chi connectivity index (χ1v) is 19.2. The van der Waals surface area contributed by atoms with E-state index in [0.717, 1.165) is 33.8 Å². The first-order chi connectivity index (χ1) is 26.0. The Bertz CT molecular complexity index is 2370. The van der Waals surface area contributed by atoms with Crippen LogP contribution in [0.2, 0.25) is 0 Å². The Morgan fingerprint density at radius 2 is 1.15 bits per heavy atom. The van der Waals surface area contributed by atoms with Crippen molar-refractivity contribution in [2.45, 2.75) is 79.1 Å². The number of hydrogen-bond donors (Lipinski definition) is 1. The molecule has 0 spiro atoms. The Labute approximate surface area is 341 Å². The number of aromatic hydroxyl groups is 1. The van der Waals surface area contributed by atoms with E-state index in [1.54, 1.807) is 6.07 Å². The SMILES string of the molecule is CC(C)c1cc(-c2ccc(O)c(-c3cccc(-c4[c-]c(-c5nccn5-c5c(C(C)C)cc(-c6ccccc6)cc5C(C)C)ccc4)n3)c2)cc(C(C)C)c1.[Pt]. The molecule has 0 saturated heterocycles. The zero-order chi connectivity index (χ0) is 38.1. The number of nitrogens with zero attached hydrogens (tertiary/aromatic N) is 3. The van der Waals surface area contributed by atoms with Crippen molar-refractivity contribution in [2.24, 2.45) is 0 Å². The summed E-state index contributed by atoms with van der Waals surface area (Å²) in [6, 6.07) is 43.8. The van der Waals surface area contributed by atoms with Crippen molar-refractivity contribution in [1.82, 2.24) is 14.5 Å². The molecule has 0 aliphatic rings. The summed E-state index contributed by atoms with van der Waals surface area (Å²) in [5, 5.41) is 11.1. The van der Waals surface area contributed by atoms with Gasteiger partial charge in [-0.2, -0.15) is 0 Å². The third kappa shape index (κ3) is 8.31. The van der Waals surface area contributed by atoms with Gasteiger partial charge in [0.25, 0.3) is 0 Å². The number of rotatable bonds is 10. The van der Waals surface area contributed by atoms with E-state index in [1.165, 1.54) is 39.1 Å². The molecule has 0 aliphatic heterocycles. The van der Waals surface area contributed by atoms with Gasteiger partial charge >= 0.3 is 0 Å².